The minimum absolute atomic E-state index is 0.118. The first-order valence-corrected chi connectivity index (χ1v) is 3.35. The van der Waals surface area contributed by atoms with Crippen LogP contribution in [0.3, 0.4) is 0 Å². The molecule has 0 unspecified atom stereocenters. The van der Waals surface area contributed by atoms with Crippen molar-refractivity contribution in [1.82, 2.24) is 4.98 Å². The maximum absolute atomic E-state index is 7.93. The molecule has 1 rings (SSSR count). The van der Waals surface area contributed by atoms with Crippen LogP contribution in [0.5, 0.6) is 0 Å². The number of hydrogen-bond donors (Lipinski definition) is 0. The van der Waals surface area contributed by atoms with E-state index in [4.69, 9.17) is 5.53 Å². The topological polar surface area (TPSA) is 74.0 Å². The zero-order valence-electron chi connectivity index (χ0n) is 6.33. The van der Waals surface area contributed by atoms with Gasteiger partial charge < -0.3 is 0 Å². The predicted octanol–water partition coefficient (Wildman–Crippen LogP) is 1.77. The van der Waals surface area contributed by atoms with Crippen molar-refractivity contribution in [2.24, 2.45) is 10.1 Å². The highest BCUT2D eigenvalue weighted by atomic mass is 15.2. The molecular formula is C7H7N5. The van der Waals surface area contributed by atoms with Gasteiger partial charge in [0.15, 0.2) is 0 Å². The second-order valence-corrected chi connectivity index (χ2v) is 1.94. The molecule has 0 saturated heterocycles. The summed E-state index contributed by atoms with van der Waals surface area (Å²) in [6.07, 6.45) is 3.24. The molecule has 0 saturated carbocycles. The molecule has 0 bridgehead atoms. The number of aliphatic imine (C=N–C) groups is 1. The summed E-state index contributed by atoms with van der Waals surface area (Å²) < 4.78 is 0. The van der Waals surface area contributed by atoms with Crippen LogP contribution in [0, 0.1) is 0 Å². The molecule has 0 N–H and O–H groups in total. The first kappa shape index (κ1) is 8.23. The highest BCUT2D eigenvalue weighted by Crippen LogP contribution is 1.88. The molecule has 5 nitrogen and oxygen atoms in total. The van der Waals surface area contributed by atoms with Crippen LogP contribution in [-0.4, -0.2) is 17.9 Å². The van der Waals surface area contributed by atoms with Gasteiger partial charge in [0.25, 0.3) is 0 Å². The van der Waals surface area contributed by atoms with Crippen molar-refractivity contribution in [3.8, 4) is 0 Å². The fraction of sp³-hybridized carbons (Fsp3) is 0.143. The highest BCUT2D eigenvalue weighted by Gasteiger charge is 1.82. The first-order valence-electron chi connectivity index (χ1n) is 3.35. The second-order valence-electron chi connectivity index (χ2n) is 1.94. The van der Waals surface area contributed by atoms with E-state index in [1.807, 2.05) is 18.2 Å². The van der Waals surface area contributed by atoms with Crippen LogP contribution in [-0.2, 0) is 0 Å². The summed E-state index contributed by atoms with van der Waals surface area (Å²) in [5, 5.41) is 3.24. The van der Waals surface area contributed by atoms with Gasteiger partial charge in [-0.25, -0.2) is 0 Å². The van der Waals surface area contributed by atoms with Gasteiger partial charge in [-0.15, -0.1) is 0 Å². The van der Waals surface area contributed by atoms with Crippen LogP contribution in [0.25, 0.3) is 10.4 Å². The molecule has 0 amide bonds. The van der Waals surface area contributed by atoms with E-state index in [9.17, 15) is 0 Å². The number of aromatic nitrogens is 1. The molecule has 12 heavy (non-hydrogen) atoms. The Morgan fingerprint density at radius 3 is 3.17 bits per heavy atom. The van der Waals surface area contributed by atoms with Gasteiger partial charge in [-0.05, 0) is 17.7 Å². The van der Waals surface area contributed by atoms with Crippen molar-refractivity contribution in [3.63, 3.8) is 0 Å². The molecular weight excluding hydrogens is 154 g/mol. The summed E-state index contributed by atoms with van der Waals surface area (Å²) in [5.41, 5.74) is 8.69. The molecule has 0 aliphatic rings. The molecule has 0 atom stereocenters. The van der Waals surface area contributed by atoms with E-state index in [1.54, 1.807) is 12.4 Å². The number of hydrogen-bond acceptors (Lipinski definition) is 3. The van der Waals surface area contributed by atoms with Crippen molar-refractivity contribution in [3.05, 3.63) is 40.5 Å². The van der Waals surface area contributed by atoms with Gasteiger partial charge >= 0.3 is 0 Å². The molecule has 1 heterocycles. The van der Waals surface area contributed by atoms with Crippen LogP contribution < -0.4 is 0 Å². The van der Waals surface area contributed by atoms with E-state index in [2.05, 4.69) is 20.0 Å². The molecule has 0 spiro atoms. The highest BCUT2D eigenvalue weighted by molar-refractivity contribution is 5.76. The van der Waals surface area contributed by atoms with Crippen LogP contribution in [0.2, 0.25) is 0 Å². The third-order valence-corrected chi connectivity index (χ3v) is 1.12. The van der Waals surface area contributed by atoms with Crippen LogP contribution in [0.4, 0.5) is 0 Å². The van der Waals surface area contributed by atoms with Crippen molar-refractivity contribution in [1.29, 1.82) is 0 Å². The van der Waals surface area contributed by atoms with Gasteiger partial charge in [0.1, 0.15) is 6.67 Å². The minimum atomic E-state index is 0.118. The van der Waals surface area contributed by atoms with Crippen LogP contribution >= 0.6 is 0 Å². The zero-order chi connectivity index (χ0) is 8.65. The molecule has 60 valence electrons. The third-order valence-electron chi connectivity index (χ3n) is 1.12. The molecule has 1 aromatic rings. The normalized spacial score (nSPS) is 9.67. The Morgan fingerprint density at radius 2 is 2.50 bits per heavy atom. The number of azide groups is 1. The van der Waals surface area contributed by atoms with Crippen molar-refractivity contribution >= 4 is 6.21 Å². The summed E-state index contributed by atoms with van der Waals surface area (Å²) in [6.45, 7) is 0.118. The van der Waals surface area contributed by atoms with E-state index >= 15 is 0 Å². The molecule has 1 aromatic heterocycles. The fourth-order valence-electron chi connectivity index (χ4n) is 0.651. The maximum Gasteiger partial charge on any atom is 0.118 e. The average molecular weight is 161 g/mol. The van der Waals surface area contributed by atoms with Gasteiger partial charge in [0, 0.05) is 17.3 Å². The number of rotatable bonds is 3. The van der Waals surface area contributed by atoms with Crippen LogP contribution in [0.15, 0.2) is 34.5 Å². The maximum atomic E-state index is 7.93. The minimum Gasteiger partial charge on any atom is -0.285 e. The van der Waals surface area contributed by atoms with E-state index in [0.717, 1.165) is 5.69 Å². The van der Waals surface area contributed by atoms with E-state index in [1.165, 1.54) is 0 Å². The Labute approximate surface area is 69.4 Å². The van der Waals surface area contributed by atoms with Gasteiger partial charge in [-0.2, -0.15) is 0 Å². The van der Waals surface area contributed by atoms with Crippen LogP contribution in [0.1, 0.15) is 5.69 Å². The Morgan fingerprint density at radius 1 is 1.58 bits per heavy atom. The lowest BCUT2D eigenvalue weighted by Crippen LogP contribution is -1.85. The standard InChI is InChI=1S/C7H7N5/c8-12-11-6-9-5-7-3-1-2-4-10-7/h1-5H,6H2. The summed E-state index contributed by atoms with van der Waals surface area (Å²) in [5.74, 6) is 0. The molecule has 0 radical (unpaired) electrons. The Bertz CT molecular complexity index is 299. The van der Waals surface area contributed by atoms with E-state index < -0.39 is 0 Å². The largest absolute Gasteiger partial charge is 0.285 e. The Balaban J connectivity index is 2.52. The lowest BCUT2D eigenvalue weighted by molar-refractivity contribution is 1.05. The fourth-order valence-corrected chi connectivity index (χ4v) is 0.651. The second kappa shape index (κ2) is 4.87. The predicted molar refractivity (Wildman–Crippen MR) is 45.8 cm³/mol. The van der Waals surface area contributed by atoms with Gasteiger partial charge in [0.2, 0.25) is 0 Å². The summed E-state index contributed by atoms with van der Waals surface area (Å²) in [4.78, 5) is 10.4. The monoisotopic (exact) mass is 161 g/mol. The number of pyridine rings is 1. The molecule has 0 aliphatic carbocycles. The lowest BCUT2D eigenvalue weighted by Gasteiger charge is -1.87. The quantitative estimate of drug-likeness (QED) is 0.288. The third kappa shape index (κ3) is 2.81. The van der Waals surface area contributed by atoms with Crippen molar-refractivity contribution in [2.45, 2.75) is 0 Å². The van der Waals surface area contributed by atoms with Gasteiger partial charge in [0.05, 0.1) is 5.69 Å². The molecule has 0 aromatic carbocycles. The Kier molecular flexibility index (Phi) is 3.34. The lowest BCUT2D eigenvalue weighted by atomic mass is 10.4. The molecule has 0 fully saturated rings. The first-order chi connectivity index (χ1) is 5.93. The SMILES string of the molecule is [N-]=[N+]=NCN=Cc1ccccn1. The van der Waals surface area contributed by atoms with Gasteiger partial charge in [-0.1, -0.05) is 11.2 Å². The summed E-state index contributed by atoms with van der Waals surface area (Å²) in [7, 11) is 0. The van der Waals surface area contributed by atoms with Crippen molar-refractivity contribution in [2.75, 3.05) is 6.67 Å². The average Bonchev–Trinajstić information content (AvgIpc) is 2.14. The number of nitrogens with zero attached hydrogens (tertiary/aromatic N) is 5. The zero-order valence-corrected chi connectivity index (χ0v) is 6.33. The summed E-state index contributed by atoms with van der Waals surface area (Å²) >= 11 is 0. The smallest absolute Gasteiger partial charge is 0.118 e. The van der Waals surface area contributed by atoms with E-state index in [-0.39, 0.29) is 6.67 Å². The molecule has 5 heteroatoms. The summed E-state index contributed by atoms with van der Waals surface area (Å²) in [6, 6.07) is 5.51. The molecule has 0 aliphatic heterocycles. The Hall–Kier alpha value is -1.87. The van der Waals surface area contributed by atoms with E-state index in [0.29, 0.717) is 0 Å². The van der Waals surface area contributed by atoms with Crippen molar-refractivity contribution < 1.29 is 0 Å². The van der Waals surface area contributed by atoms with Gasteiger partial charge in [-0.3, -0.25) is 9.98 Å².